The Morgan fingerprint density at radius 1 is 1.30 bits per heavy atom. The van der Waals surface area contributed by atoms with Crippen molar-refractivity contribution in [3.63, 3.8) is 0 Å². The largest absolute Gasteiger partial charge is 0.463 e. The lowest BCUT2D eigenvalue weighted by Gasteiger charge is -2.22. The molecule has 1 aliphatic heterocycles. The second-order valence-corrected chi connectivity index (χ2v) is 5.54. The number of rotatable bonds is 5. The van der Waals surface area contributed by atoms with Gasteiger partial charge in [0.2, 0.25) is 11.9 Å². The second kappa shape index (κ2) is 6.21. The number of nitrogens with two attached hydrogens (primary N) is 1. The van der Waals surface area contributed by atoms with Gasteiger partial charge in [-0.2, -0.15) is 15.0 Å². The summed E-state index contributed by atoms with van der Waals surface area (Å²) in [5.41, 5.74) is 5.75. The SMILES string of the molecule is CCCOc1nc(N)nc(N2CC(C)C(N(C)C)C2)n1. The third-order valence-corrected chi connectivity index (χ3v) is 3.57. The first kappa shape index (κ1) is 14.8. The first-order valence-corrected chi connectivity index (χ1v) is 7.07. The molecular formula is C13H24N6O. The number of aromatic nitrogens is 3. The molecule has 2 unspecified atom stereocenters. The van der Waals surface area contributed by atoms with E-state index < -0.39 is 0 Å². The molecule has 0 aromatic carbocycles. The van der Waals surface area contributed by atoms with E-state index in [0.717, 1.165) is 19.5 Å². The van der Waals surface area contributed by atoms with Gasteiger partial charge in [0, 0.05) is 19.1 Å². The van der Waals surface area contributed by atoms with Crippen LogP contribution in [-0.4, -0.2) is 59.7 Å². The van der Waals surface area contributed by atoms with Gasteiger partial charge in [-0.3, -0.25) is 0 Å². The van der Waals surface area contributed by atoms with Crippen molar-refractivity contribution in [3.05, 3.63) is 0 Å². The van der Waals surface area contributed by atoms with E-state index in [1.54, 1.807) is 0 Å². The Balaban J connectivity index is 2.14. The number of nitrogen functional groups attached to an aromatic ring is 1. The highest BCUT2D eigenvalue weighted by molar-refractivity contribution is 5.38. The summed E-state index contributed by atoms with van der Waals surface area (Å²) in [4.78, 5) is 17.0. The van der Waals surface area contributed by atoms with Crippen molar-refractivity contribution in [2.45, 2.75) is 26.3 Å². The molecule has 0 saturated carbocycles. The minimum atomic E-state index is 0.210. The maximum atomic E-state index is 5.75. The molecule has 0 aliphatic carbocycles. The average molecular weight is 280 g/mol. The van der Waals surface area contributed by atoms with Crippen molar-refractivity contribution in [2.75, 3.05) is 44.4 Å². The summed E-state index contributed by atoms with van der Waals surface area (Å²) in [7, 11) is 4.20. The zero-order chi connectivity index (χ0) is 14.7. The van der Waals surface area contributed by atoms with Gasteiger partial charge >= 0.3 is 6.01 Å². The first-order valence-electron chi connectivity index (χ1n) is 7.07. The summed E-state index contributed by atoms with van der Waals surface area (Å²) < 4.78 is 5.46. The second-order valence-electron chi connectivity index (χ2n) is 5.54. The molecular weight excluding hydrogens is 256 g/mol. The van der Waals surface area contributed by atoms with E-state index in [0.29, 0.717) is 30.5 Å². The molecule has 112 valence electrons. The number of ether oxygens (including phenoxy) is 1. The lowest BCUT2D eigenvalue weighted by molar-refractivity contribution is 0.266. The molecule has 7 nitrogen and oxygen atoms in total. The Bertz CT molecular complexity index is 452. The van der Waals surface area contributed by atoms with Gasteiger partial charge in [-0.05, 0) is 26.4 Å². The Morgan fingerprint density at radius 2 is 2.05 bits per heavy atom. The van der Waals surface area contributed by atoms with Crippen LogP contribution in [0.5, 0.6) is 6.01 Å². The minimum Gasteiger partial charge on any atom is -0.463 e. The molecule has 2 rings (SSSR count). The Labute approximate surface area is 120 Å². The summed E-state index contributed by atoms with van der Waals surface area (Å²) in [6.45, 7) is 6.67. The molecule has 1 aromatic rings. The Morgan fingerprint density at radius 3 is 2.65 bits per heavy atom. The van der Waals surface area contributed by atoms with Crippen molar-refractivity contribution >= 4 is 11.9 Å². The molecule has 20 heavy (non-hydrogen) atoms. The summed E-state index contributed by atoms with van der Waals surface area (Å²) in [5.74, 6) is 1.38. The van der Waals surface area contributed by atoms with Crippen molar-refractivity contribution in [3.8, 4) is 6.01 Å². The molecule has 2 atom stereocenters. The van der Waals surface area contributed by atoms with Gasteiger partial charge in [0.1, 0.15) is 0 Å². The average Bonchev–Trinajstić information content (AvgIpc) is 2.78. The van der Waals surface area contributed by atoms with E-state index in [1.165, 1.54) is 0 Å². The summed E-state index contributed by atoms with van der Waals surface area (Å²) in [5, 5.41) is 0. The van der Waals surface area contributed by atoms with Gasteiger partial charge in [0.15, 0.2) is 0 Å². The van der Waals surface area contributed by atoms with E-state index in [2.05, 4.69) is 45.8 Å². The van der Waals surface area contributed by atoms with Crippen LogP contribution in [0.3, 0.4) is 0 Å². The molecule has 1 aromatic heterocycles. The van der Waals surface area contributed by atoms with E-state index in [1.807, 2.05) is 6.92 Å². The minimum absolute atomic E-state index is 0.210. The van der Waals surface area contributed by atoms with E-state index >= 15 is 0 Å². The molecule has 7 heteroatoms. The van der Waals surface area contributed by atoms with Crippen LogP contribution in [-0.2, 0) is 0 Å². The summed E-state index contributed by atoms with van der Waals surface area (Å²) in [6, 6.07) is 0.809. The van der Waals surface area contributed by atoms with E-state index in [9.17, 15) is 0 Å². The molecule has 0 spiro atoms. The molecule has 1 fully saturated rings. The number of anilines is 2. The fraction of sp³-hybridized carbons (Fsp3) is 0.769. The molecule has 0 bridgehead atoms. The molecule has 1 aliphatic rings. The first-order chi connectivity index (χ1) is 9.51. The predicted octanol–water partition coefficient (Wildman–Crippen LogP) is 0.629. The summed E-state index contributed by atoms with van der Waals surface area (Å²) >= 11 is 0. The molecule has 2 heterocycles. The zero-order valence-electron chi connectivity index (χ0n) is 12.7. The fourth-order valence-corrected chi connectivity index (χ4v) is 2.55. The third-order valence-electron chi connectivity index (χ3n) is 3.57. The quantitative estimate of drug-likeness (QED) is 0.847. The molecule has 1 saturated heterocycles. The third kappa shape index (κ3) is 3.27. The fourth-order valence-electron chi connectivity index (χ4n) is 2.55. The zero-order valence-corrected chi connectivity index (χ0v) is 12.7. The van der Waals surface area contributed by atoms with Gasteiger partial charge in [-0.1, -0.05) is 13.8 Å². The molecule has 0 radical (unpaired) electrons. The van der Waals surface area contributed by atoms with E-state index in [-0.39, 0.29) is 5.95 Å². The Kier molecular flexibility index (Phi) is 4.59. The van der Waals surface area contributed by atoms with Gasteiger partial charge < -0.3 is 20.3 Å². The smallest absolute Gasteiger partial charge is 0.323 e. The molecule has 2 N–H and O–H groups in total. The van der Waals surface area contributed by atoms with Crippen LogP contribution in [0.25, 0.3) is 0 Å². The topological polar surface area (TPSA) is 80.4 Å². The monoisotopic (exact) mass is 280 g/mol. The van der Waals surface area contributed by atoms with Crippen molar-refractivity contribution < 1.29 is 4.74 Å². The highest BCUT2D eigenvalue weighted by Crippen LogP contribution is 2.24. The lowest BCUT2D eigenvalue weighted by atomic mass is 10.1. The van der Waals surface area contributed by atoms with Crippen LogP contribution in [0.4, 0.5) is 11.9 Å². The number of hydrogen-bond donors (Lipinski definition) is 1. The standard InChI is InChI=1S/C13H24N6O/c1-5-6-20-13-16-11(14)15-12(17-13)19-7-9(2)10(8-19)18(3)4/h9-10H,5-8H2,1-4H3,(H2,14,15,16,17). The van der Waals surface area contributed by atoms with Crippen LogP contribution in [0, 0.1) is 5.92 Å². The van der Waals surface area contributed by atoms with Crippen molar-refractivity contribution in [1.29, 1.82) is 0 Å². The highest BCUT2D eigenvalue weighted by atomic mass is 16.5. The van der Waals surface area contributed by atoms with Crippen LogP contribution in [0.2, 0.25) is 0 Å². The highest BCUT2D eigenvalue weighted by Gasteiger charge is 2.32. The normalized spacial score (nSPS) is 22.6. The van der Waals surface area contributed by atoms with Crippen LogP contribution in [0.1, 0.15) is 20.3 Å². The van der Waals surface area contributed by atoms with Crippen molar-refractivity contribution in [2.24, 2.45) is 5.92 Å². The number of likely N-dealkylation sites (N-methyl/N-ethyl adjacent to an activating group) is 1. The predicted molar refractivity (Wildman–Crippen MR) is 78.9 cm³/mol. The summed E-state index contributed by atoms with van der Waals surface area (Å²) in [6.07, 6.45) is 0.907. The maximum absolute atomic E-state index is 5.75. The lowest BCUT2D eigenvalue weighted by Crippen LogP contribution is -2.34. The van der Waals surface area contributed by atoms with Crippen LogP contribution >= 0.6 is 0 Å². The van der Waals surface area contributed by atoms with Gasteiger partial charge in [0.05, 0.1) is 6.61 Å². The van der Waals surface area contributed by atoms with Crippen LogP contribution in [0.15, 0.2) is 0 Å². The molecule has 0 amide bonds. The van der Waals surface area contributed by atoms with Gasteiger partial charge in [-0.25, -0.2) is 0 Å². The van der Waals surface area contributed by atoms with Gasteiger partial charge in [0.25, 0.3) is 0 Å². The number of hydrogen-bond acceptors (Lipinski definition) is 7. The van der Waals surface area contributed by atoms with Crippen molar-refractivity contribution in [1.82, 2.24) is 19.9 Å². The maximum Gasteiger partial charge on any atom is 0.323 e. The Hall–Kier alpha value is -1.63. The van der Waals surface area contributed by atoms with E-state index in [4.69, 9.17) is 10.5 Å². The number of nitrogens with zero attached hydrogens (tertiary/aromatic N) is 5. The van der Waals surface area contributed by atoms with Gasteiger partial charge in [-0.15, -0.1) is 0 Å². The van der Waals surface area contributed by atoms with Crippen LogP contribution < -0.4 is 15.4 Å².